The van der Waals surface area contributed by atoms with Crippen LogP contribution in [-0.2, 0) is 4.74 Å². The number of aromatic amines is 1. The molecule has 6 rings (SSSR count). The van der Waals surface area contributed by atoms with Crippen molar-refractivity contribution in [2.45, 2.75) is 6.10 Å². The number of fused-ring (bicyclic) bond motifs is 5. The first kappa shape index (κ1) is 21.3. The topological polar surface area (TPSA) is 94.7 Å². The summed E-state index contributed by atoms with van der Waals surface area (Å²) >= 11 is 6.44. The van der Waals surface area contributed by atoms with E-state index in [2.05, 4.69) is 15.2 Å². The Morgan fingerprint density at radius 2 is 1.74 bits per heavy atom. The van der Waals surface area contributed by atoms with Crippen molar-refractivity contribution in [3.05, 3.63) is 70.2 Å². The fourth-order valence-electron chi connectivity index (χ4n) is 5.01. The first-order valence-electron chi connectivity index (χ1n) is 11.2. The van der Waals surface area contributed by atoms with Crippen LogP contribution in [0.2, 0.25) is 5.02 Å². The molecule has 2 aliphatic heterocycles. The summed E-state index contributed by atoms with van der Waals surface area (Å²) in [5.74, 6) is -0.867. The summed E-state index contributed by atoms with van der Waals surface area (Å²) in [5, 5.41) is 15.3. The maximum atomic E-state index is 12.9. The Kier molecular flexibility index (Phi) is 5.15. The lowest BCUT2D eigenvalue weighted by Crippen LogP contribution is -2.38. The fraction of sp³-hybridized carbons (Fsp3) is 0.231. The Morgan fingerprint density at radius 3 is 2.53 bits per heavy atom. The van der Waals surface area contributed by atoms with Crippen LogP contribution in [0, 0.1) is 0 Å². The van der Waals surface area contributed by atoms with Crippen molar-refractivity contribution in [2.24, 2.45) is 0 Å². The zero-order valence-corrected chi connectivity index (χ0v) is 19.0. The minimum Gasteiger partial charge on any atom is -0.387 e. The van der Waals surface area contributed by atoms with Gasteiger partial charge in [0.1, 0.15) is 0 Å². The highest BCUT2D eigenvalue weighted by atomic mass is 35.5. The lowest BCUT2D eigenvalue weighted by atomic mass is 9.92. The molecule has 0 radical (unpaired) electrons. The molecule has 0 aliphatic carbocycles. The van der Waals surface area contributed by atoms with Gasteiger partial charge in [-0.1, -0.05) is 35.9 Å². The molecule has 1 atom stereocenters. The molecule has 172 valence electrons. The van der Waals surface area contributed by atoms with E-state index in [0.717, 1.165) is 35.1 Å². The number of aliphatic hydroxyl groups excluding tert-OH is 1. The first-order chi connectivity index (χ1) is 16.5. The van der Waals surface area contributed by atoms with Gasteiger partial charge in [0.05, 0.1) is 30.4 Å². The maximum Gasteiger partial charge on any atom is 0.259 e. The molecule has 34 heavy (non-hydrogen) atoms. The van der Waals surface area contributed by atoms with Gasteiger partial charge in [-0.2, -0.15) is 0 Å². The van der Waals surface area contributed by atoms with Gasteiger partial charge < -0.3 is 14.8 Å². The van der Waals surface area contributed by atoms with Gasteiger partial charge in [0.15, 0.2) is 0 Å². The maximum absolute atomic E-state index is 12.9. The molecule has 1 aromatic heterocycles. The lowest BCUT2D eigenvalue weighted by Gasteiger charge is -2.28. The second-order valence-corrected chi connectivity index (χ2v) is 9.13. The van der Waals surface area contributed by atoms with E-state index in [9.17, 15) is 14.7 Å². The molecule has 0 spiro atoms. The van der Waals surface area contributed by atoms with E-state index in [1.54, 1.807) is 6.07 Å². The Morgan fingerprint density at radius 1 is 0.971 bits per heavy atom. The molecular formula is C26H22ClN3O4. The van der Waals surface area contributed by atoms with Crippen LogP contribution >= 0.6 is 11.6 Å². The molecule has 3 heterocycles. The van der Waals surface area contributed by atoms with Gasteiger partial charge in [-0.3, -0.25) is 19.8 Å². The molecule has 0 saturated carbocycles. The SMILES string of the molecule is O=C1NC(=O)c2c1c(-c1ccccc1Cl)cc1[nH]c3ccc(C(O)CN4CCOCC4)cc3c21. The number of halogens is 1. The number of H-pyrrole nitrogens is 1. The van der Waals surface area contributed by atoms with Crippen LogP contribution in [0.5, 0.6) is 0 Å². The van der Waals surface area contributed by atoms with Crippen molar-refractivity contribution in [2.75, 3.05) is 32.8 Å². The zero-order valence-electron chi connectivity index (χ0n) is 18.2. The average molecular weight is 476 g/mol. The second-order valence-electron chi connectivity index (χ2n) is 8.72. The number of hydrogen-bond acceptors (Lipinski definition) is 5. The molecular weight excluding hydrogens is 454 g/mol. The predicted molar refractivity (Wildman–Crippen MR) is 130 cm³/mol. The van der Waals surface area contributed by atoms with E-state index < -0.39 is 17.9 Å². The Labute approximate surface area is 200 Å². The number of nitrogens with one attached hydrogen (secondary N) is 2. The average Bonchev–Trinajstić information content (AvgIpc) is 3.35. The summed E-state index contributed by atoms with van der Waals surface area (Å²) in [6.45, 7) is 3.40. The van der Waals surface area contributed by atoms with Crippen molar-refractivity contribution < 1.29 is 19.4 Å². The highest BCUT2D eigenvalue weighted by Crippen LogP contribution is 2.41. The summed E-state index contributed by atoms with van der Waals surface area (Å²) in [7, 11) is 0. The highest BCUT2D eigenvalue weighted by Gasteiger charge is 2.34. The standard InChI is InChI=1S/C26H22ClN3O4/c27-18-4-2-1-3-15(18)16-12-20-22(24-23(16)25(32)29-26(24)33)17-11-14(5-6-19(17)28-20)21(31)13-30-7-9-34-10-8-30/h1-6,11-12,21,28,31H,7-10,13H2,(H,29,32,33). The number of benzene rings is 3. The van der Waals surface area contributed by atoms with Crippen molar-refractivity contribution >= 4 is 45.2 Å². The van der Waals surface area contributed by atoms with Crippen LogP contribution in [-0.4, -0.2) is 59.7 Å². The third kappa shape index (κ3) is 3.40. The van der Waals surface area contributed by atoms with Crippen molar-refractivity contribution in [1.82, 2.24) is 15.2 Å². The van der Waals surface area contributed by atoms with Crippen LogP contribution in [0.15, 0.2) is 48.5 Å². The number of β-amino-alcohol motifs (C(OH)–C–C–N with tert-alkyl or cyclic N) is 1. The number of aromatic nitrogens is 1. The van der Waals surface area contributed by atoms with Crippen LogP contribution in [0.3, 0.4) is 0 Å². The second kappa shape index (κ2) is 8.21. The van der Waals surface area contributed by atoms with Gasteiger partial charge in [0, 0.05) is 52.0 Å². The quantitative estimate of drug-likeness (QED) is 0.389. The van der Waals surface area contributed by atoms with Gasteiger partial charge in [-0.15, -0.1) is 0 Å². The van der Waals surface area contributed by atoms with Gasteiger partial charge in [-0.25, -0.2) is 0 Å². The minimum atomic E-state index is -0.682. The van der Waals surface area contributed by atoms with Gasteiger partial charge in [0.25, 0.3) is 11.8 Å². The summed E-state index contributed by atoms with van der Waals surface area (Å²) < 4.78 is 5.39. The minimum absolute atomic E-state index is 0.325. The molecule has 1 unspecified atom stereocenters. The third-order valence-electron chi connectivity index (χ3n) is 6.67. The van der Waals surface area contributed by atoms with Crippen molar-refractivity contribution in [3.63, 3.8) is 0 Å². The number of morpholine rings is 1. The van der Waals surface area contributed by atoms with Crippen LogP contribution < -0.4 is 5.32 Å². The van der Waals surface area contributed by atoms with E-state index >= 15 is 0 Å². The highest BCUT2D eigenvalue weighted by molar-refractivity contribution is 6.36. The monoisotopic (exact) mass is 475 g/mol. The van der Waals surface area contributed by atoms with E-state index in [1.807, 2.05) is 42.5 Å². The van der Waals surface area contributed by atoms with Crippen molar-refractivity contribution in [1.29, 1.82) is 0 Å². The van der Waals surface area contributed by atoms with Gasteiger partial charge >= 0.3 is 0 Å². The lowest BCUT2D eigenvalue weighted by molar-refractivity contribution is 0.0143. The first-order valence-corrected chi connectivity index (χ1v) is 11.6. The Hall–Kier alpha value is -3.23. The molecule has 2 amide bonds. The molecule has 3 aromatic carbocycles. The zero-order chi connectivity index (χ0) is 23.4. The normalized spacial score (nSPS) is 17.4. The van der Waals surface area contributed by atoms with E-state index in [4.69, 9.17) is 16.3 Å². The van der Waals surface area contributed by atoms with E-state index in [1.165, 1.54) is 0 Å². The molecule has 0 bridgehead atoms. The van der Waals surface area contributed by atoms with Crippen LogP contribution in [0.25, 0.3) is 32.9 Å². The molecule has 2 aliphatic rings. The van der Waals surface area contributed by atoms with Crippen LogP contribution in [0.1, 0.15) is 32.4 Å². The van der Waals surface area contributed by atoms with Gasteiger partial charge in [-0.05, 0) is 35.4 Å². The number of nitrogens with zero attached hydrogens (tertiary/aromatic N) is 1. The van der Waals surface area contributed by atoms with Crippen molar-refractivity contribution in [3.8, 4) is 11.1 Å². The Bertz CT molecular complexity index is 1470. The largest absolute Gasteiger partial charge is 0.387 e. The fourth-order valence-corrected chi connectivity index (χ4v) is 5.25. The smallest absolute Gasteiger partial charge is 0.259 e. The number of ether oxygens (including phenoxy) is 1. The molecule has 7 nitrogen and oxygen atoms in total. The Balaban J connectivity index is 1.52. The number of rotatable bonds is 4. The summed E-state index contributed by atoms with van der Waals surface area (Å²) in [5.41, 5.74) is 4.27. The van der Waals surface area contributed by atoms with Crippen LogP contribution in [0.4, 0.5) is 0 Å². The summed E-state index contributed by atoms with van der Waals surface area (Å²) in [6, 6.07) is 14.8. The molecule has 8 heteroatoms. The van der Waals surface area contributed by atoms with E-state index in [-0.39, 0.29) is 0 Å². The number of imide groups is 1. The number of hydrogen-bond donors (Lipinski definition) is 3. The summed E-state index contributed by atoms with van der Waals surface area (Å²) in [6.07, 6.45) is -0.682. The number of aliphatic hydroxyl groups is 1. The third-order valence-corrected chi connectivity index (χ3v) is 7.00. The van der Waals surface area contributed by atoms with E-state index in [0.29, 0.717) is 52.4 Å². The molecule has 1 saturated heterocycles. The molecule has 4 aromatic rings. The number of amides is 2. The predicted octanol–water partition coefficient (Wildman–Crippen LogP) is 3.89. The molecule has 3 N–H and O–H groups in total. The number of carbonyl (C=O) groups is 2. The number of carbonyl (C=O) groups excluding carboxylic acids is 2. The van der Waals surface area contributed by atoms with Gasteiger partial charge in [0.2, 0.25) is 0 Å². The molecule has 1 fully saturated rings. The summed E-state index contributed by atoms with van der Waals surface area (Å²) in [4.78, 5) is 31.3.